The minimum absolute atomic E-state index is 0.105. The lowest BCUT2D eigenvalue weighted by atomic mass is 10.1. The van der Waals surface area contributed by atoms with Crippen molar-refractivity contribution < 1.29 is 9.53 Å². The zero-order valence-corrected chi connectivity index (χ0v) is 11.5. The van der Waals surface area contributed by atoms with Crippen molar-refractivity contribution in [2.75, 3.05) is 6.61 Å². The quantitative estimate of drug-likeness (QED) is 0.754. The molecule has 1 N–H and O–H groups in total. The molecule has 0 heterocycles. The summed E-state index contributed by atoms with van der Waals surface area (Å²) in [5.41, 5.74) is 0. The second-order valence-corrected chi connectivity index (χ2v) is 4.87. The minimum atomic E-state index is 0.105. The Kier molecular flexibility index (Phi) is 6.26. The van der Waals surface area contributed by atoms with Gasteiger partial charge in [0.25, 0.3) is 0 Å². The predicted molar refractivity (Wildman–Crippen MR) is 73.6 cm³/mol. The van der Waals surface area contributed by atoms with E-state index in [-0.39, 0.29) is 11.9 Å². The van der Waals surface area contributed by atoms with Crippen LogP contribution in [0.2, 0.25) is 0 Å². The van der Waals surface area contributed by atoms with Crippen LogP contribution in [0.15, 0.2) is 30.3 Å². The largest absolute Gasteiger partial charge is 0.494 e. The highest BCUT2D eigenvalue weighted by molar-refractivity contribution is 5.76. The van der Waals surface area contributed by atoms with E-state index in [9.17, 15) is 4.79 Å². The molecule has 0 aliphatic rings. The zero-order chi connectivity index (χ0) is 13.4. The Morgan fingerprint density at radius 2 is 1.89 bits per heavy atom. The molecular weight excluding hydrogens is 226 g/mol. The second kappa shape index (κ2) is 7.75. The molecule has 3 heteroatoms. The topological polar surface area (TPSA) is 38.3 Å². The maximum absolute atomic E-state index is 11.6. The number of rotatable bonds is 7. The number of carbonyl (C=O) groups is 1. The summed E-state index contributed by atoms with van der Waals surface area (Å²) in [4.78, 5) is 11.6. The molecule has 0 aromatic heterocycles. The molecule has 0 radical (unpaired) electrons. The van der Waals surface area contributed by atoms with Crippen LogP contribution in [-0.2, 0) is 4.79 Å². The summed E-state index contributed by atoms with van der Waals surface area (Å²) in [7, 11) is 0. The highest BCUT2D eigenvalue weighted by Gasteiger charge is 2.10. The van der Waals surface area contributed by atoms with E-state index in [4.69, 9.17) is 4.74 Å². The number of carbonyl (C=O) groups excluding carboxylic acids is 1. The lowest BCUT2D eigenvalue weighted by molar-refractivity contribution is -0.122. The fourth-order valence-electron chi connectivity index (χ4n) is 1.43. The van der Waals surface area contributed by atoms with Gasteiger partial charge < -0.3 is 10.1 Å². The van der Waals surface area contributed by atoms with Crippen LogP contribution in [0.3, 0.4) is 0 Å². The number of ether oxygens (including phenoxy) is 1. The van der Waals surface area contributed by atoms with Crippen molar-refractivity contribution in [2.45, 2.75) is 39.7 Å². The van der Waals surface area contributed by atoms with Gasteiger partial charge in [-0.3, -0.25) is 4.79 Å². The molecule has 1 aromatic rings. The molecule has 1 amide bonds. The van der Waals surface area contributed by atoms with Gasteiger partial charge in [-0.1, -0.05) is 32.0 Å². The molecule has 0 spiro atoms. The van der Waals surface area contributed by atoms with Gasteiger partial charge >= 0.3 is 0 Å². The maximum atomic E-state index is 11.6. The summed E-state index contributed by atoms with van der Waals surface area (Å²) in [6.07, 6.45) is 1.26. The van der Waals surface area contributed by atoms with Crippen LogP contribution in [0.1, 0.15) is 33.6 Å². The molecule has 1 atom stereocenters. The van der Waals surface area contributed by atoms with E-state index < -0.39 is 0 Å². The molecule has 0 bridgehead atoms. The Bertz CT molecular complexity index is 349. The van der Waals surface area contributed by atoms with Crippen LogP contribution in [0.25, 0.3) is 0 Å². The first-order valence-corrected chi connectivity index (χ1v) is 6.57. The molecular formula is C15H23NO2. The lowest BCUT2D eigenvalue weighted by Gasteiger charge is -2.17. The molecule has 0 saturated heterocycles. The van der Waals surface area contributed by atoms with Crippen molar-refractivity contribution in [3.63, 3.8) is 0 Å². The van der Waals surface area contributed by atoms with Gasteiger partial charge in [0, 0.05) is 12.5 Å². The average Bonchev–Trinajstić information content (AvgIpc) is 2.35. The number of hydrogen-bond acceptors (Lipinski definition) is 2. The molecule has 3 nitrogen and oxygen atoms in total. The van der Waals surface area contributed by atoms with Crippen molar-refractivity contribution in [3.8, 4) is 5.75 Å². The van der Waals surface area contributed by atoms with Gasteiger partial charge in [0.05, 0.1) is 6.61 Å². The molecule has 1 aromatic carbocycles. The third-order valence-corrected chi connectivity index (χ3v) is 2.95. The number of para-hydroxylation sites is 1. The van der Waals surface area contributed by atoms with Crippen molar-refractivity contribution in [2.24, 2.45) is 5.92 Å². The van der Waals surface area contributed by atoms with E-state index in [0.29, 0.717) is 18.9 Å². The van der Waals surface area contributed by atoms with Crippen LogP contribution in [0.5, 0.6) is 5.75 Å². The van der Waals surface area contributed by atoms with Gasteiger partial charge in [-0.15, -0.1) is 0 Å². The van der Waals surface area contributed by atoms with Crippen molar-refractivity contribution in [1.29, 1.82) is 0 Å². The first-order chi connectivity index (χ1) is 8.59. The van der Waals surface area contributed by atoms with Gasteiger partial charge in [-0.2, -0.15) is 0 Å². The number of amides is 1. The van der Waals surface area contributed by atoms with Crippen LogP contribution >= 0.6 is 0 Å². The summed E-state index contributed by atoms with van der Waals surface area (Å²) in [5, 5.41) is 2.98. The average molecular weight is 249 g/mol. The van der Waals surface area contributed by atoms with E-state index in [1.54, 1.807) is 0 Å². The minimum Gasteiger partial charge on any atom is -0.494 e. The Hall–Kier alpha value is -1.51. The normalized spacial score (nSPS) is 12.2. The van der Waals surface area contributed by atoms with Crippen LogP contribution in [0, 0.1) is 5.92 Å². The maximum Gasteiger partial charge on any atom is 0.220 e. The van der Waals surface area contributed by atoms with E-state index in [2.05, 4.69) is 19.2 Å². The first kappa shape index (κ1) is 14.6. The Labute approximate surface area is 110 Å². The van der Waals surface area contributed by atoms with E-state index in [0.717, 1.165) is 12.2 Å². The van der Waals surface area contributed by atoms with Crippen LogP contribution < -0.4 is 10.1 Å². The molecule has 18 heavy (non-hydrogen) atoms. The van der Waals surface area contributed by atoms with Crippen molar-refractivity contribution in [3.05, 3.63) is 30.3 Å². The highest BCUT2D eigenvalue weighted by Crippen LogP contribution is 2.09. The van der Waals surface area contributed by atoms with Crippen LogP contribution in [0.4, 0.5) is 0 Å². The Morgan fingerprint density at radius 1 is 1.22 bits per heavy atom. The molecule has 0 aliphatic heterocycles. The van der Waals surface area contributed by atoms with Crippen molar-refractivity contribution >= 4 is 5.91 Å². The monoisotopic (exact) mass is 249 g/mol. The smallest absolute Gasteiger partial charge is 0.220 e. The molecule has 1 unspecified atom stereocenters. The van der Waals surface area contributed by atoms with Gasteiger partial charge in [-0.05, 0) is 31.4 Å². The fourth-order valence-corrected chi connectivity index (χ4v) is 1.43. The third-order valence-electron chi connectivity index (χ3n) is 2.95. The number of nitrogens with one attached hydrogen (secondary N) is 1. The molecule has 0 fully saturated rings. The SMILES string of the molecule is CC(C)C(C)NC(=O)CCCOc1ccccc1. The Balaban J connectivity index is 2.13. The van der Waals surface area contributed by atoms with E-state index in [1.165, 1.54) is 0 Å². The van der Waals surface area contributed by atoms with Gasteiger partial charge in [-0.25, -0.2) is 0 Å². The van der Waals surface area contributed by atoms with Crippen LogP contribution in [-0.4, -0.2) is 18.6 Å². The highest BCUT2D eigenvalue weighted by atomic mass is 16.5. The van der Waals surface area contributed by atoms with Gasteiger partial charge in [0.15, 0.2) is 0 Å². The summed E-state index contributed by atoms with van der Waals surface area (Å²) < 4.78 is 5.53. The molecule has 0 aliphatic carbocycles. The molecule has 1 rings (SSSR count). The third kappa shape index (κ3) is 5.71. The second-order valence-electron chi connectivity index (χ2n) is 4.87. The predicted octanol–water partition coefficient (Wildman–Crippen LogP) is 3.01. The summed E-state index contributed by atoms with van der Waals surface area (Å²) >= 11 is 0. The molecule has 0 saturated carbocycles. The summed E-state index contributed by atoms with van der Waals surface area (Å²) in [5.74, 6) is 1.43. The fraction of sp³-hybridized carbons (Fsp3) is 0.533. The first-order valence-electron chi connectivity index (χ1n) is 6.57. The Morgan fingerprint density at radius 3 is 2.50 bits per heavy atom. The van der Waals surface area contributed by atoms with E-state index >= 15 is 0 Å². The summed E-state index contributed by atoms with van der Waals surface area (Å²) in [6.45, 7) is 6.81. The number of hydrogen-bond donors (Lipinski definition) is 1. The zero-order valence-electron chi connectivity index (χ0n) is 11.5. The summed E-state index contributed by atoms with van der Waals surface area (Å²) in [6, 6.07) is 9.89. The standard InChI is InChI=1S/C15H23NO2/c1-12(2)13(3)16-15(17)10-7-11-18-14-8-5-4-6-9-14/h4-6,8-9,12-13H,7,10-11H2,1-3H3,(H,16,17). The number of benzene rings is 1. The van der Waals surface area contributed by atoms with Gasteiger partial charge in [0.2, 0.25) is 5.91 Å². The van der Waals surface area contributed by atoms with Gasteiger partial charge in [0.1, 0.15) is 5.75 Å². The molecule has 100 valence electrons. The van der Waals surface area contributed by atoms with E-state index in [1.807, 2.05) is 37.3 Å². The lowest BCUT2D eigenvalue weighted by Crippen LogP contribution is -2.36. The van der Waals surface area contributed by atoms with Crippen molar-refractivity contribution in [1.82, 2.24) is 5.32 Å².